The Bertz CT molecular complexity index is 1410. The number of carbonyl (C=O) groups is 1. The molecule has 2 fully saturated rings. The van der Waals surface area contributed by atoms with Crippen molar-refractivity contribution in [1.82, 2.24) is 5.32 Å². The van der Waals surface area contributed by atoms with Crippen molar-refractivity contribution < 1.29 is 64.6 Å². The number of aliphatic hydroxyl groups is 8. The van der Waals surface area contributed by atoms with Gasteiger partial charge in [0.2, 0.25) is 5.91 Å². The van der Waals surface area contributed by atoms with Gasteiger partial charge in [-0.3, -0.25) is 4.79 Å². The molecule has 0 saturated carbocycles. The van der Waals surface area contributed by atoms with Gasteiger partial charge in [-0.1, -0.05) is 283 Å². The van der Waals surface area contributed by atoms with Gasteiger partial charge < -0.3 is 65.1 Å². The molecule has 0 spiro atoms. The van der Waals surface area contributed by atoms with Crippen LogP contribution in [0, 0.1) is 0 Å². The maximum atomic E-state index is 13.3. The average Bonchev–Trinajstić information content (AvgIpc) is 3.46. The van der Waals surface area contributed by atoms with E-state index in [4.69, 9.17) is 18.9 Å². The number of hydrogen-bond donors (Lipinski definition) is 9. The van der Waals surface area contributed by atoms with Crippen molar-refractivity contribution in [3.8, 4) is 0 Å². The SMILES string of the molecule is CCCCCCCCCC/C=C\CCCCCCCCCCCCCCCCCCCCCCCCCC(=O)NC(COC1OC(CO)C(OC2OC(CO)C(O)C(O)C2O)C(O)C1O)C(O)CCCCCCCCCCCCCC. The lowest BCUT2D eigenvalue weighted by molar-refractivity contribution is -0.359. The van der Waals surface area contributed by atoms with Crippen LogP contribution in [0.3, 0.4) is 0 Å². The van der Waals surface area contributed by atoms with Crippen LogP contribution in [0.2, 0.25) is 0 Å². The normalized spacial score (nSPS) is 24.1. The van der Waals surface area contributed by atoms with Gasteiger partial charge in [-0.05, 0) is 38.5 Å². The molecule has 0 radical (unpaired) electrons. The Hall–Kier alpha value is -1.27. The van der Waals surface area contributed by atoms with Gasteiger partial charge in [0.1, 0.15) is 48.8 Å². The van der Waals surface area contributed by atoms with Gasteiger partial charge in [-0.15, -0.1) is 0 Å². The van der Waals surface area contributed by atoms with Crippen LogP contribution < -0.4 is 5.32 Å². The summed E-state index contributed by atoms with van der Waals surface area (Å²) in [4.78, 5) is 13.3. The summed E-state index contributed by atoms with van der Waals surface area (Å²) in [6.45, 7) is 2.89. The zero-order valence-electron chi connectivity index (χ0n) is 52.1. The van der Waals surface area contributed by atoms with Crippen LogP contribution in [0.25, 0.3) is 0 Å². The van der Waals surface area contributed by atoms with Gasteiger partial charge >= 0.3 is 0 Å². The van der Waals surface area contributed by atoms with Crippen molar-refractivity contribution in [2.45, 2.75) is 389 Å². The van der Waals surface area contributed by atoms with E-state index in [2.05, 4.69) is 31.3 Å². The lowest BCUT2D eigenvalue weighted by Crippen LogP contribution is -2.65. The third kappa shape index (κ3) is 37.8. The van der Waals surface area contributed by atoms with E-state index in [1.807, 2.05) is 0 Å². The first-order valence-corrected chi connectivity index (χ1v) is 34.4. The van der Waals surface area contributed by atoms with Crippen molar-refractivity contribution in [3.05, 3.63) is 12.2 Å². The quantitative estimate of drug-likeness (QED) is 0.0204. The summed E-state index contributed by atoms with van der Waals surface area (Å²) in [6, 6.07) is -0.824. The molecule has 1 amide bonds. The van der Waals surface area contributed by atoms with Gasteiger partial charge in [-0.25, -0.2) is 0 Å². The van der Waals surface area contributed by atoms with E-state index < -0.39 is 86.8 Å². The average molecular weight is 1160 g/mol. The Balaban J connectivity index is 1.56. The van der Waals surface area contributed by atoms with Crippen LogP contribution in [0.4, 0.5) is 0 Å². The molecule has 12 unspecified atom stereocenters. The number of carbonyl (C=O) groups excluding carboxylic acids is 1. The molecule has 0 aromatic rings. The molecule has 0 aromatic heterocycles. The largest absolute Gasteiger partial charge is 0.394 e. The van der Waals surface area contributed by atoms with E-state index in [0.717, 1.165) is 51.4 Å². The standard InChI is InChI=1S/C67H129NO13/c1-3-5-7-9-11-13-15-17-18-19-20-21-22-23-24-25-26-27-28-29-30-31-32-33-34-35-36-37-38-39-41-43-45-47-49-51-59(72)68-55(56(71)50-48-46-44-42-40-16-14-12-10-8-6-4-2)54-78-66-64(77)62(75)65(58(53-70)80-66)81-67-63(76)61(74)60(73)57(52-69)79-67/h19-20,55-58,60-67,69-71,73-77H,3-18,21-54H2,1-2H3,(H,68,72)/b20-19-. The van der Waals surface area contributed by atoms with E-state index in [1.165, 1.54) is 238 Å². The summed E-state index contributed by atoms with van der Waals surface area (Å²) in [5, 5.41) is 87.3. The van der Waals surface area contributed by atoms with E-state index in [9.17, 15) is 45.6 Å². The summed E-state index contributed by atoms with van der Waals surface area (Å²) in [5.74, 6) is -0.201. The first kappa shape index (κ1) is 75.8. The second-order valence-electron chi connectivity index (χ2n) is 24.7. The molecule has 0 aromatic carbocycles. The molecule has 81 heavy (non-hydrogen) atoms. The number of rotatable bonds is 57. The maximum absolute atomic E-state index is 13.3. The van der Waals surface area contributed by atoms with E-state index in [0.29, 0.717) is 12.8 Å². The van der Waals surface area contributed by atoms with E-state index in [-0.39, 0.29) is 12.5 Å². The fraction of sp³-hybridized carbons (Fsp3) is 0.955. The van der Waals surface area contributed by atoms with Crippen molar-refractivity contribution in [2.24, 2.45) is 0 Å². The zero-order valence-corrected chi connectivity index (χ0v) is 52.1. The number of allylic oxidation sites excluding steroid dienone is 2. The number of ether oxygens (including phenoxy) is 4. The fourth-order valence-electron chi connectivity index (χ4n) is 11.7. The third-order valence-corrected chi connectivity index (χ3v) is 17.2. The predicted molar refractivity (Wildman–Crippen MR) is 328 cm³/mol. The van der Waals surface area contributed by atoms with Crippen molar-refractivity contribution in [1.29, 1.82) is 0 Å². The van der Waals surface area contributed by atoms with Crippen LogP contribution >= 0.6 is 0 Å². The third-order valence-electron chi connectivity index (χ3n) is 17.2. The van der Waals surface area contributed by atoms with Crippen molar-refractivity contribution in [2.75, 3.05) is 19.8 Å². The number of hydrogen-bond acceptors (Lipinski definition) is 13. The van der Waals surface area contributed by atoms with Crippen LogP contribution in [0.1, 0.15) is 316 Å². The van der Waals surface area contributed by atoms with Gasteiger partial charge in [-0.2, -0.15) is 0 Å². The molecule has 2 aliphatic heterocycles. The molecule has 2 saturated heterocycles. The van der Waals surface area contributed by atoms with Crippen molar-refractivity contribution in [3.63, 3.8) is 0 Å². The minimum Gasteiger partial charge on any atom is -0.394 e. The van der Waals surface area contributed by atoms with E-state index >= 15 is 0 Å². The number of amides is 1. The highest BCUT2D eigenvalue weighted by Gasteiger charge is 2.51. The molecular formula is C67H129NO13. The Labute approximate surface area is 495 Å². The fourth-order valence-corrected chi connectivity index (χ4v) is 11.7. The van der Waals surface area contributed by atoms with Crippen LogP contribution in [0.15, 0.2) is 12.2 Å². The lowest BCUT2D eigenvalue weighted by atomic mass is 9.97. The second kappa shape index (κ2) is 53.0. The summed E-state index contributed by atoms with van der Waals surface area (Å²) < 4.78 is 22.9. The van der Waals surface area contributed by atoms with Crippen LogP contribution in [0.5, 0.6) is 0 Å². The first-order chi connectivity index (χ1) is 39.6. The molecule has 2 aliphatic rings. The van der Waals surface area contributed by atoms with Gasteiger partial charge in [0.25, 0.3) is 0 Å². The maximum Gasteiger partial charge on any atom is 0.220 e. The molecule has 2 heterocycles. The highest BCUT2D eigenvalue weighted by molar-refractivity contribution is 5.76. The molecule has 14 nitrogen and oxygen atoms in total. The van der Waals surface area contributed by atoms with Crippen molar-refractivity contribution >= 4 is 5.91 Å². The van der Waals surface area contributed by atoms with Crippen LogP contribution in [-0.2, 0) is 23.7 Å². The minimum atomic E-state index is -1.78. The Morgan fingerprint density at radius 2 is 0.778 bits per heavy atom. The summed E-state index contributed by atoms with van der Waals surface area (Å²) in [7, 11) is 0. The molecule has 9 N–H and O–H groups in total. The first-order valence-electron chi connectivity index (χ1n) is 34.4. The molecule has 2 rings (SSSR count). The monoisotopic (exact) mass is 1160 g/mol. The number of unbranched alkanes of at least 4 members (excludes halogenated alkanes) is 42. The second-order valence-corrected chi connectivity index (χ2v) is 24.7. The Kier molecular flexibility index (Phi) is 49.6. The highest BCUT2D eigenvalue weighted by Crippen LogP contribution is 2.30. The van der Waals surface area contributed by atoms with Gasteiger partial charge in [0.05, 0.1) is 32.0 Å². The van der Waals surface area contributed by atoms with Crippen LogP contribution in [-0.4, -0.2) is 140 Å². The van der Waals surface area contributed by atoms with Gasteiger partial charge in [0.15, 0.2) is 12.6 Å². The lowest BCUT2D eigenvalue weighted by Gasteiger charge is -2.46. The topological polar surface area (TPSA) is 228 Å². The Morgan fingerprint density at radius 1 is 0.432 bits per heavy atom. The van der Waals surface area contributed by atoms with E-state index in [1.54, 1.807) is 0 Å². The predicted octanol–water partition coefficient (Wildman–Crippen LogP) is 13.4. The summed E-state index contributed by atoms with van der Waals surface area (Å²) >= 11 is 0. The molecule has 480 valence electrons. The molecule has 0 aliphatic carbocycles. The summed E-state index contributed by atoms with van der Waals surface area (Å²) in [6.07, 6.45) is 46.9. The number of aliphatic hydroxyl groups excluding tert-OH is 8. The number of nitrogens with one attached hydrogen (secondary N) is 1. The molecule has 14 heteroatoms. The molecule has 12 atom stereocenters. The smallest absolute Gasteiger partial charge is 0.220 e. The summed E-state index contributed by atoms with van der Waals surface area (Å²) in [5.41, 5.74) is 0. The highest BCUT2D eigenvalue weighted by atomic mass is 16.7. The van der Waals surface area contributed by atoms with Gasteiger partial charge in [0, 0.05) is 6.42 Å². The zero-order chi connectivity index (χ0) is 58.8. The Morgan fingerprint density at radius 3 is 1.17 bits per heavy atom. The molecule has 0 bridgehead atoms. The molecular weight excluding hydrogens is 1030 g/mol. The minimum absolute atomic E-state index is 0.201.